The van der Waals surface area contributed by atoms with Crippen LogP contribution >= 0.6 is 0 Å². The maximum Gasteiger partial charge on any atom is 0.306 e. The van der Waals surface area contributed by atoms with Crippen LogP contribution < -0.4 is 0 Å². The second-order valence-corrected chi connectivity index (χ2v) is 16.9. The molecule has 0 fully saturated rings. The van der Waals surface area contributed by atoms with E-state index in [1.165, 1.54) is 225 Å². The smallest absolute Gasteiger partial charge is 0.306 e. The molecule has 5 nitrogen and oxygen atoms in total. The molecule has 5 heteroatoms. The van der Waals surface area contributed by atoms with Crippen LogP contribution in [0.3, 0.4) is 0 Å². The van der Waals surface area contributed by atoms with Crippen LogP contribution in [0, 0.1) is 0 Å². The number of unbranched alkanes of at least 4 members (excludes halogenated alkanes) is 38. The summed E-state index contributed by atoms with van der Waals surface area (Å²) in [6.45, 7) is 4.18. The van der Waals surface area contributed by atoms with Gasteiger partial charge in [0.05, 0.1) is 6.61 Å². The van der Waals surface area contributed by atoms with Crippen molar-refractivity contribution in [1.82, 2.24) is 0 Å². The number of rotatable bonds is 46. The lowest BCUT2D eigenvalue weighted by molar-refractivity contribution is -0.161. The minimum absolute atomic E-state index is 0.0567. The monoisotopic (exact) mass is 765 g/mol. The maximum atomic E-state index is 12.2. The lowest BCUT2D eigenvalue weighted by Crippen LogP contribution is -2.28. The first-order valence-corrected chi connectivity index (χ1v) is 24.6. The van der Waals surface area contributed by atoms with E-state index in [2.05, 4.69) is 13.8 Å². The van der Waals surface area contributed by atoms with Crippen LogP contribution in [0.1, 0.15) is 284 Å². The molecule has 0 aromatic carbocycles. The zero-order valence-electron chi connectivity index (χ0n) is 36.8. The van der Waals surface area contributed by atoms with Gasteiger partial charge in [0.15, 0.2) is 6.10 Å². The summed E-state index contributed by atoms with van der Waals surface area (Å²) in [5.41, 5.74) is 0. The molecule has 322 valence electrons. The van der Waals surface area contributed by atoms with Crippen molar-refractivity contribution >= 4 is 11.9 Å². The van der Waals surface area contributed by atoms with Gasteiger partial charge >= 0.3 is 11.9 Å². The number of hydrogen-bond acceptors (Lipinski definition) is 5. The van der Waals surface area contributed by atoms with E-state index in [1.54, 1.807) is 0 Å². The van der Waals surface area contributed by atoms with Crippen molar-refractivity contribution in [2.24, 2.45) is 0 Å². The highest BCUT2D eigenvalue weighted by Gasteiger charge is 2.16. The molecule has 0 amide bonds. The molecule has 54 heavy (non-hydrogen) atoms. The third-order valence-corrected chi connectivity index (χ3v) is 11.4. The maximum absolute atomic E-state index is 12.2. The van der Waals surface area contributed by atoms with Gasteiger partial charge in [0.1, 0.15) is 6.61 Å². The van der Waals surface area contributed by atoms with Gasteiger partial charge in [0.25, 0.3) is 0 Å². The molecule has 0 aromatic rings. The Bertz CT molecular complexity index is 740. The second-order valence-electron chi connectivity index (χ2n) is 16.9. The van der Waals surface area contributed by atoms with Crippen LogP contribution in [-0.2, 0) is 19.1 Å². The lowest BCUT2D eigenvalue weighted by Gasteiger charge is -2.15. The standard InChI is InChI=1S/C49H96O5/c1-3-5-7-9-11-13-15-17-18-19-20-21-22-23-24-25-26-27-28-29-30-31-32-34-36-38-40-42-44-49(52)54-47(45-50)46-53-48(51)43-41-39-37-35-33-16-14-12-10-8-6-4-2/h47,50H,3-46H2,1-2H3. The lowest BCUT2D eigenvalue weighted by atomic mass is 10.0. The Hall–Kier alpha value is -1.10. The minimum atomic E-state index is -0.762. The van der Waals surface area contributed by atoms with Crippen LogP contribution in [0.15, 0.2) is 0 Å². The number of carbonyl (C=O) groups excluding carboxylic acids is 2. The summed E-state index contributed by atoms with van der Waals surface area (Å²) in [7, 11) is 0. The van der Waals surface area contributed by atoms with Crippen molar-refractivity contribution in [2.45, 2.75) is 290 Å². The zero-order valence-corrected chi connectivity index (χ0v) is 36.8. The average Bonchev–Trinajstić information content (AvgIpc) is 3.17. The van der Waals surface area contributed by atoms with E-state index in [-0.39, 0.29) is 25.2 Å². The van der Waals surface area contributed by atoms with Gasteiger partial charge in [-0.3, -0.25) is 9.59 Å². The first-order valence-electron chi connectivity index (χ1n) is 24.6. The van der Waals surface area contributed by atoms with Crippen LogP contribution in [-0.4, -0.2) is 36.4 Å². The number of aliphatic hydroxyl groups excluding tert-OH is 1. The molecule has 1 atom stereocenters. The van der Waals surface area contributed by atoms with E-state index in [9.17, 15) is 14.7 Å². The van der Waals surface area contributed by atoms with Gasteiger partial charge in [0, 0.05) is 12.8 Å². The molecule has 0 aliphatic rings. The second kappa shape index (κ2) is 46.3. The van der Waals surface area contributed by atoms with Gasteiger partial charge in [-0.1, -0.05) is 258 Å². The molecule has 0 saturated heterocycles. The average molecular weight is 765 g/mol. The molecule has 0 saturated carbocycles. The third-order valence-electron chi connectivity index (χ3n) is 11.4. The molecule has 0 radical (unpaired) electrons. The van der Waals surface area contributed by atoms with E-state index < -0.39 is 6.10 Å². The Morgan fingerprint density at radius 2 is 0.574 bits per heavy atom. The molecular weight excluding hydrogens is 669 g/mol. The molecule has 0 rings (SSSR count). The van der Waals surface area contributed by atoms with Crippen molar-refractivity contribution in [2.75, 3.05) is 13.2 Å². The number of hydrogen-bond donors (Lipinski definition) is 1. The highest BCUT2D eigenvalue weighted by Crippen LogP contribution is 2.17. The summed E-state index contributed by atoms with van der Waals surface area (Å²) in [6.07, 6.45) is 53.5. The van der Waals surface area contributed by atoms with Gasteiger partial charge in [-0.05, 0) is 12.8 Å². The molecule has 1 unspecified atom stereocenters. The molecule has 0 aromatic heterocycles. The van der Waals surface area contributed by atoms with Gasteiger partial charge in [-0.2, -0.15) is 0 Å². The molecule has 0 heterocycles. The van der Waals surface area contributed by atoms with Crippen molar-refractivity contribution in [3.8, 4) is 0 Å². The highest BCUT2D eigenvalue weighted by atomic mass is 16.6. The quantitative estimate of drug-likeness (QED) is 0.0494. The zero-order chi connectivity index (χ0) is 39.3. The van der Waals surface area contributed by atoms with Gasteiger partial charge in [-0.25, -0.2) is 0 Å². The van der Waals surface area contributed by atoms with Crippen molar-refractivity contribution in [3.05, 3.63) is 0 Å². The summed E-state index contributed by atoms with van der Waals surface area (Å²) in [4.78, 5) is 24.3. The van der Waals surface area contributed by atoms with E-state index >= 15 is 0 Å². The number of esters is 2. The Labute approximate surface area is 338 Å². The Morgan fingerprint density at radius 3 is 0.815 bits per heavy atom. The SMILES string of the molecule is CCCCCCCCCCCCCCCCCCCCCCCCCCCCCCC(=O)OC(CO)COC(=O)CCCCCCCCCCCCCC. The predicted octanol–water partition coefficient (Wildman–Crippen LogP) is 15.9. The fourth-order valence-corrected chi connectivity index (χ4v) is 7.68. The normalized spacial score (nSPS) is 12.0. The van der Waals surface area contributed by atoms with Crippen molar-refractivity contribution in [3.63, 3.8) is 0 Å². The van der Waals surface area contributed by atoms with Gasteiger partial charge < -0.3 is 14.6 Å². The van der Waals surface area contributed by atoms with E-state index in [1.807, 2.05) is 0 Å². The fraction of sp³-hybridized carbons (Fsp3) is 0.959. The van der Waals surface area contributed by atoms with Gasteiger partial charge in [-0.15, -0.1) is 0 Å². The number of carbonyl (C=O) groups is 2. The summed E-state index contributed by atoms with van der Waals surface area (Å²) in [6, 6.07) is 0. The fourth-order valence-electron chi connectivity index (χ4n) is 7.68. The summed E-state index contributed by atoms with van der Waals surface area (Å²) in [5, 5.41) is 9.59. The minimum Gasteiger partial charge on any atom is -0.462 e. The summed E-state index contributed by atoms with van der Waals surface area (Å²) >= 11 is 0. The molecule has 0 spiro atoms. The largest absolute Gasteiger partial charge is 0.462 e. The van der Waals surface area contributed by atoms with E-state index in [0.717, 1.165) is 32.1 Å². The van der Waals surface area contributed by atoms with Crippen LogP contribution in [0.25, 0.3) is 0 Å². The molecule has 0 bridgehead atoms. The van der Waals surface area contributed by atoms with Crippen LogP contribution in [0.2, 0.25) is 0 Å². The molecular formula is C49H96O5. The number of ether oxygens (including phenoxy) is 2. The van der Waals surface area contributed by atoms with Crippen LogP contribution in [0.5, 0.6) is 0 Å². The Kier molecular flexibility index (Phi) is 45.3. The first kappa shape index (κ1) is 52.9. The Morgan fingerprint density at radius 1 is 0.352 bits per heavy atom. The highest BCUT2D eigenvalue weighted by molar-refractivity contribution is 5.70. The summed E-state index contributed by atoms with van der Waals surface area (Å²) in [5.74, 6) is -0.571. The molecule has 0 aliphatic heterocycles. The third kappa shape index (κ3) is 43.6. The van der Waals surface area contributed by atoms with E-state index in [4.69, 9.17) is 9.47 Å². The number of aliphatic hydroxyl groups is 1. The topological polar surface area (TPSA) is 72.8 Å². The molecule has 0 aliphatic carbocycles. The van der Waals surface area contributed by atoms with Crippen molar-refractivity contribution < 1.29 is 24.2 Å². The van der Waals surface area contributed by atoms with E-state index in [0.29, 0.717) is 12.8 Å². The predicted molar refractivity (Wildman–Crippen MR) is 233 cm³/mol. The first-order chi connectivity index (χ1) is 26.6. The molecule has 1 N–H and O–H groups in total. The van der Waals surface area contributed by atoms with Crippen LogP contribution in [0.4, 0.5) is 0 Å². The Balaban J connectivity index is 3.38. The summed E-state index contributed by atoms with van der Waals surface area (Å²) < 4.78 is 10.6. The van der Waals surface area contributed by atoms with Crippen molar-refractivity contribution in [1.29, 1.82) is 0 Å². The van der Waals surface area contributed by atoms with Gasteiger partial charge in [0.2, 0.25) is 0 Å².